The Balaban J connectivity index is 1.92. The van der Waals surface area contributed by atoms with Crippen molar-refractivity contribution >= 4 is 21.6 Å². The second-order valence-electron chi connectivity index (χ2n) is 5.82. The summed E-state index contributed by atoms with van der Waals surface area (Å²) in [7, 11) is -3.45. The lowest BCUT2D eigenvalue weighted by atomic mass is 10.1. The van der Waals surface area contributed by atoms with E-state index < -0.39 is 10.0 Å². The predicted molar refractivity (Wildman–Crippen MR) is 103 cm³/mol. The van der Waals surface area contributed by atoms with Crippen LogP contribution in [-0.2, 0) is 16.4 Å². The molecule has 2 rings (SSSR count). The third-order valence-corrected chi connectivity index (χ3v) is 4.24. The van der Waals surface area contributed by atoms with E-state index in [-0.39, 0.29) is 11.6 Å². The molecule has 0 fully saturated rings. The number of hydrogen-bond acceptors (Lipinski definition) is 4. The molecule has 6 nitrogen and oxygen atoms in total. The largest absolute Gasteiger partial charge is 0.494 e. The molecular formula is C19H24N2O4S. The van der Waals surface area contributed by atoms with Crippen molar-refractivity contribution in [2.24, 2.45) is 0 Å². The number of benzene rings is 2. The molecule has 2 aromatic rings. The number of carbonyl (C=O) groups is 1. The SMILES string of the molecule is CCOc1ccccc1CCCNC(=O)c1ccccc1NS(C)(=O)=O. The first-order chi connectivity index (χ1) is 12.4. The van der Waals surface area contributed by atoms with Crippen LogP contribution in [0.1, 0.15) is 29.3 Å². The zero-order valence-corrected chi connectivity index (χ0v) is 15.8. The maximum Gasteiger partial charge on any atom is 0.253 e. The molecule has 0 aliphatic heterocycles. The van der Waals surface area contributed by atoms with Crippen LogP contribution in [0.25, 0.3) is 0 Å². The fourth-order valence-electron chi connectivity index (χ4n) is 2.55. The molecule has 0 saturated carbocycles. The summed E-state index contributed by atoms with van der Waals surface area (Å²) in [5.41, 5.74) is 1.67. The second kappa shape index (κ2) is 9.24. The van der Waals surface area contributed by atoms with Gasteiger partial charge in [-0.2, -0.15) is 0 Å². The van der Waals surface area contributed by atoms with E-state index in [9.17, 15) is 13.2 Å². The van der Waals surface area contributed by atoms with Gasteiger partial charge in [0.15, 0.2) is 0 Å². The molecule has 0 atom stereocenters. The van der Waals surface area contributed by atoms with Crippen LogP contribution in [0.2, 0.25) is 0 Å². The summed E-state index contributed by atoms with van der Waals surface area (Å²) in [4.78, 5) is 12.4. The number of hydrogen-bond donors (Lipinski definition) is 2. The molecular weight excluding hydrogens is 352 g/mol. The molecule has 0 saturated heterocycles. The van der Waals surface area contributed by atoms with Gasteiger partial charge in [-0.15, -0.1) is 0 Å². The molecule has 140 valence electrons. The van der Waals surface area contributed by atoms with E-state index >= 15 is 0 Å². The lowest BCUT2D eigenvalue weighted by Crippen LogP contribution is -2.26. The number of sulfonamides is 1. The normalized spacial score (nSPS) is 11.0. The number of anilines is 1. The van der Waals surface area contributed by atoms with Crippen molar-refractivity contribution in [2.45, 2.75) is 19.8 Å². The van der Waals surface area contributed by atoms with Gasteiger partial charge in [0, 0.05) is 6.54 Å². The minimum atomic E-state index is -3.45. The summed E-state index contributed by atoms with van der Waals surface area (Å²) in [6.07, 6.45) is 2.58. The van der Waals surface area contributed by atoms with Crippen molar-refractivity contribution in [2.75, 3.05) is 24.1 Å². The monoisotopic (exact) mass is 376 g/mol. The summed E-state index contributed by atoms with van der Waals surface area (Å²) in [5, 5.41) is 2.83. The highest BCUT2D eigenvalue weighted by atomic mass is 32.2. The van der Waals surface area contributed by atoms with Crippen LogP contribution < -0.4 is 14.8 Å². The topological polar surface area (TPSA) is 84.5 Å². The quantitative estimate of drug-likeness (QED) is 0.659. The molecule has 0 unspecified atom stereocenters. The maximum atomic E-state index is 12.4. The standard InChI is InChI=1S/C19H24N2O4S/c1-3-25-18-13-7-4-9-15(18)10-8-14-20-19(22)16-11-5-6-12-17(16)21-26(2,23)24/h4-7,9,11-13,21H,3,8,10,14H2,1-2H3,(H,20,22). The average molecular weight is 376 g/mol. The van der Waals surface area contributed by atoms with Crippen molar-refractivity contribution in [1.29, 1.82) is 0 Å². The smallest absolute Gasteiger partial charge is 0.253 e. The van der Waals surface area contributed by atoms with Crippen LogP contribution in [0.5, 0.6) is 5.75 Å². The minimum absolute atomic E-state index is 0.272. The Kier molecular flexibility index (Phi) is 7.03. The fraction of sp³-hybridized carbons (Fsp3) is 0.316. The average Bonchev–Trinajstić information content (AvgIpc) is 2.59. The predicted octanol–water partition coefficient (Wildman–Crippen LogP) is 2.82. The zero-order valence-electron chi connectivity index (χ0n) is 15.0. The Morgan fingerprint density at radius 3 is 2.50 bits per heavy atom. The molecule has 0 aliphatic rings. The number of para-hydroxylation sites is 2. The van der Waals surface area contributed by atoms with Gasteiger partial charge in [-0.25, -0.2) is 8.42 Å². The molecule has 0 radical (unpaired) electrons. The van der Waals surface area contributed by atoms with Gasteiger partial charge in [0.1, 0.15) is 5.75 Å². The zero-order chi connectivity index (χ0) is 19.0. The number of carbonyl (C=O) groups excluding carboxylic acids is 1. The first-order valence-electron chi connectivity index (χ1n) is 8.46. The number of rotatable bonds is 9. The Hall–Kier alpha value is -2.54. The van der Waals surface area contributed by atoms with Gasteiger partial charge in [-0.05, 0) is 43.5 Å². The van der Waals surface area contributed by atoms with E-state index in [2.05, 4.69) is 10.0 Å². The van der Waals surface area contributed by atoms with Crippen LogP contribution in [0.15, 0.2) is 48.5 Å². The molecule has 0 aliphatic carbocycles. The fourth-order valence-corrected chi connectivity index (χ4v) is 3.13. The highest BCUT2D eigenvalue weighted by Gasteiger charge is 2.13. The van der Waals surface area contributed by atoms with Crippen LogP contribution in [0.4, 0.5) is 5.69 Å². The van der Waals surface area contributed by atoms with E-state index in [1.807, 2.05) is 31.2 Å². The number of nitrogens with one attached hydrogen (secondary N) is 2. The Morgan fingerprint density at radius 2 is 1.77 bits per heavy atom. The number of amides is 1. The highest BCUT2D eigenvalue weighted by Crippen LogP contribution is 2.19. The Bertz CT molecular complexity index is 850. The van der Waals surface area contributed by atoms with Crippen molar-refractivity contribution in [1.82, 2.24) is 5.32 Å². The van der Waals surface area contributed by atoms with Gasteiger partial charge in [-0.1, -0.05) is 30.3 Å². The molecule has 26 heavy (non-hydrogen) atoms. The summed E-state index contributed by atoms with van der Waals surface area (Å²) in [6.45, 7) is 3.03. The molecule has 0 heterocycles. The Morgan fingerprint density at radius 1 is 1.08 bits per heavy atom. The van der Waals surface area contributed by atoms with Crippen LogP contribution in [-0.4, -0.2) is 33.7 Å². The van der Waals surface area contributed by atoms with Crippen molar-refractivity contribution in [3.8, 4) is 5.75 Å². The lowest BCUT2D eigenvalue weighted by molar-refractivity contribution is 0.0954. The van der Waals surface area contributed by atoms with Crippen molar-refractivity contribution in [3.05, 3.63) is 59.7 Å². The van der Waals surface area contributed by atoms with E-state index in [4.69, 9.17) is 4.74 Å². The molecule has 0 bridgehead atoms. The summed E-state index contributed by atoms with van der Waals surface area (Å²) in [6, 6.07) is 14.4. The van der Waals surface area contributed by atoms with E-state index in [0.29, 0.717) is 18.7 Å². The minimum Gasteiger partial charge on any atom is -0.494 e. The third-order valence-electron chi connectivity index (χ3n) is 3.65. The van der Waals surface area contributed by atoms with Gasteiger partial charge < -0.3 is 10.1 Å². The van der Waals surface area contributed by atoms with Crippen LogP contribution in [0.3, 0.4) is 0 Å². The van der Waals surface area contributed by atoms with Crippen LogP contribution in [0, 0.1) is 0 Å². The molecule has 2 aromatic carbocycles. The maximum absolute atomic E-state index is 12.4. The molecule has 1 amide bonds. The summed E-state index contributed by atoms with van der Waals surface area (Å²) >= 11 is 0. The first kappa shape index (κ1) is 19.8. The highest BCUT2D eigenvalue weighted by molar-refractivity contribution is 7.92. The molecule has 0 spiro atoms. The molecule has 2 N–H and O–H groups in total. The van der Waals surface area contributed by atoms with Gasteiger partial charge in [0.25, 0.3) is 5.91 Å². The van der Waals surface area contributed by atoms with Crippen molar-refractivity contribution < 1.29 is 17.9 Å². The van der Waals surface area contributed by atoms with Crippen molar-refractivity contribution in [3.63, 3.8) is 0 Å². The summed E-state index contributed by atoms with van der Waals surface area (Å²) in [5.74, 6) is 0.555. The van der Waals surface area contributed by atoms with Crippen LogP contribution >= 0.6 is 0 Å². The van der Waals surface area contributed by atoms with Gasteiger partial charge >= 0.3 is 0 Å². The van der Waals surface area contributed by atoms with Gasteiger partial charge in [0.05, 0.1) is 24.1 Å². The van der Waals surface area contributed by atoms with Gasteiger partial charge in [-0.3, -0.25) is 9.52 Å². The second-order valence-corrected chi connectivity index (χ2v) is 7.57. The third kappa shape index (κ3) is 6.07. The molecule has 0 aromatic heterocycles. The van der Waals surface area contributed by atoms with Gasteiger partial charge in [0.2, 0.25) is 10.0 Å². The first-order valence-corrected chi connectivity index (χ1v) is 10.4. The van der Waals surface area contributed by atoms with E-state index in [1.165, 1.54) is 0 Å². The molecule has 7 heteroatoms. The number of aryl methyl sites for hydroxylation is 1. The lowest BCUT2D eigenvalue weighted by Gasteiger charge is -2.12. The number of ether oxygens (including phenoxy) is 1. The van der Waals surface area contributed by atoms with E-state index in [0.717, 1.165) is 30.4 Å². The van der Waals surface area contributed by atoms with E-state index in [1.54, 1.807) is 24.3 Å². The Labute approximate surface area is 154 Å². The summed E-state index contributed by atoms with van der Waals surface area (Å²) < 4.78 is 30.8.